The molecule has 6 nitrogen and oxygen atoms in total. The zero-order chi connectivity index (χ0) is 13.7. The Labute approximate surface area is 120 Å². The van der Waals surface area contributed by atoms with E-state index in [1.807, 2.05) is 12.1 Å². The molecule has 7 heteroatoms. The molecule has 3 N–H and O–H groups in total. The van der Waals surface area contributed by atoms with Gasteiger partial charge in [0.05, 0.1) is 0 Å². The fourth-order valence-electron chi connectivity index (χ4n) is 2.34. The fourth-order valence-corrected chi connectivity index (χ4v) is 2.56. The van der Waals surface area contributed by atoms with E-state index in [-0.39, 0.29) is 6.04 Å². The Morgan fingerprint density at radius 3 is 2.63 bits per heavy atom. The molecule has 1 amide bonds. The quantitative estimate of drug-likeness (QED) is 0.790. The van der Waals surface area contributed by atoms with Crippen LogP contribution in [0.3, 0.4) is 0 Å². The van der Waals surface area contributed by atoms with E-state index < -0.39 is 6.09 Å². The second-order valence-corrected chi connectivity index (χ2v) is 5.60. The van der Waals surface area contributed by atoms with Crippen LogP contribution in [0.4, 0.5) is 10.6 Å². The average molecular weight is 329 g/mol. The van der Waals surface area contributed by atoms with Crippen LogP contribution in [0.5, 0.6) is 0 Å². The molecule has 1 aromatic rings. The lowest BCUT2D eigenvalue weighted by Gasteiger charge is -2.28. The third-order valence-electron chi connectivity index (χ3n) is 3.38. The number of halogens is 1. The molecular weight excluding hydrogens is 312 g/mol. The number of nitrogens with one attached hydrogen (secondary N) is 2. The Bertz CT molecular complexity index is 418. The van der Waals surface area contributed by atoms with Crippen LogP contribution in [0.15, 0.2) is 16.7 Å². The van der Waals surface area contributed by atoms with E-state index in [0.29, 0.717) is 5.92 Å². The van der Waals surface area contributed by atoms with Crippen molar-refractivity contribution in [2.24, 2.45) is 5.92 Å². The van der Waals surface area contributed by atoms with Crippen LogP contribution in [-0.2, 0) is 0 Å². The van der Waals surface area contributed by atoms with Crippen LogP contribution in [-0.4, -0.2) is 34.0 Å². The van der Waals surface area contributed by atoms with Crippen molar-refractivity contribution >= 4 is 27.8 Å². The molecule has 0 atom stereocenters. The first kappa shape index (κ1) is 14.0. The van der Waals surface area contributed by atoms with Crippen LogP contribution in [0.1, 0.15) is 25.7 Å². The van der Waals surface area contributed by atoms with Gasteiger partial charge < -0.3 is 15.7 Å². The van der Waals surface area contributed by atoms with Crippen molar-refractivity contribution in [3.05, 3.63) is 16.7 Å². The Kier molecular flexibility index (Phi) is 4.95. The highest BCUT2D eigenvalue weighted by atomic mass is 79.9. The molecule has 1 aromatic heterocycles. The monoisotopic (exact) mass is 328 g/mol. The molecular formula is C12H17BrN4O2. The van der Waals surface area contributed by atoms with Crippen LogP contribution in [0.25, 0.3) is 0 Å². The number of nitrogens with zero attached hydrogens (tertiary/aromatic N) is 2. The molecule has 0 bridgehead atoms. The lowest BCUT2D eigenvalue weighted by molar-refractivity contribution is 0.183. The molecule has 0 aliphatic heterocycles. The predicted molar refractivity (Wildman–Crippen MR) is 75.1 cm³/mol. The van der Waals surface area contributed by atoms with Gasteiger partial charge in [-0.1, -0.05) is 0 Å². The molecule has 1 aliphatic carbocycles. The maximum Gasteiger partial charge on any atom is 0.404 e. The van der Waals surface area contributed by atoms with Crippen molar-refractivity contribution < 1.29 is 9.90 Å². The number of hydrogen-bond donors (Lipinski definition) is 3. The molecule has 1 fully saturated rings. The third kappa shape index (κ3) is 4.66. The second-order valence-electron chi connectivity index (χ2n) is 4.79. The molecule has 0 spiro atoms. The molecule has 104 valence electrons. The summed E-state index contributed by atoms with van der Waals surface area (Å²) in [5, 5.41) is 22.4. The summed E-state index contributed by atoms with van der Waals surface area (Å²) in [4.78, 5) is 10.5. The Morgan fingerprint density at radius 1 is 1.32 bits per heavy atom. The summed E-state index contributed by atoms with van der Waals surface area (Å²) in [5.74, 6) is 1.34. The van der Waals surface area contributed by atoms with Gasteiger partial charge in [-0.2, -0.15) is 0 Å². The minimum atomic E-state index is -0.924. The Balaban J connectivity index is 1.71. The Hall–Kier alpha value is -1.37. The fraction of sp³-hybridized carbons (Fsp3) is 0.583. The molecule has 0 unspecified atom stereocenters. The lowest BCUT2D eigenvalue weighted by Crippen LogP contribution is -2.37. The molecule has 1 aliphatic rings. The van der Waals surface area contributed by atoms with Gasteiger partial charge >= 0.3 is 6.09 Å². The van der Waals surface area contributed by atoms with Crippen LogP contribution < -0.4 is 10.6 Å². The second kappa shape index (κ2) is 6.70. The lowest BCUT2D eigenvalue weighted by atomic mass is 9.86. The van der Waals surface area contributed by atoms with Crippen molar-refractivity contribution in [3.63, 3.8) is 0 Å². The average Bonchev–Trinajstić information content (AvgIpc) is 2.39. The van der Waals surface area contributed by atoms with Crippen molar-refractivity contribution in [1.29, 1.82) is 0 Å². The van der Waals surface area contributed by atoms with Crippen LogP contribution in [0.2, 0.25) is 0 Å². The number of rotatable bonds is 4. The zero-order valence-electron chi connectivity index (χ0n) is 10.5. The van der Waals surface area contributed by atoms with Crippen molar-refractivity contribution in [2.75, 3.05) is 11.9 Å². The van der Waals surface area contributed by atoms with E-state index in [1.54, 1.807) is 0 Å². The van der Waals surface area contributed by atoms with E-state index in [0.717, 1.165) is 42.6 Å². The molecule has 0 aromatic carbocycles. The minimum Gasteiger partial charge on any atom is -0.465 e. The standard InChI is InChI=1S/C12H17BrN4O2/c13-10-5-6-11(17-16-10)14-7-8-1-3-9(4-2-8)15-12(18)19/h5-6,8-9,15H,1-4,7H2,(H,14,17)(H,18,19). The molecule has 2 rings (SSSR count). The van der Waals surface area contributed by atoms with Crippen molar-refractivity contribution in [2.45, 2.75) is 31.7 Å². The number of aromatic nitrogens is 2. The number of amides is 1. The maximum absolute atomic E-state index is 10.5. The molecule has 1 saturated carbocycles. The SMILES string of the molecule is O=C(O)NC1CCC(CNc2ccc(Br)nn2)CC1. The number of hydrogen-bond acceptors (Lipinski definition) is 4. The Morgan fingerprint density at radius 2 is 2.05 bits per heavy atom. The summed E-state index contributed by atoms with van der Waals surface area (Å²) in [7, 11) is 0. The summed E-state index contributed by atoms with van der Waals surface area (Å²) >= 11 is 3.24. The van der Waals surface area contributed by atoms with Gasteiger partial charge in [0.15, 0.2) is 0 Å². The van der Waals surface area contributed by atoms with Crippen molar-refractivity contribution in [3.8, 4) is 0 Å². The normalized spacial score (nSPS) is 22.8. The highest BCUT2D eigenvalue weighted by Gasteiger charge is 2.22. The third-order valence-corrected chi connectivity index (χ3v) is 3.80. The van der Waals surface area contributed by atoms with Gasteiger partial charge in [0.1, 0.15) is 10.4 Å². The first-order valence-corrected chi connectivity index (χ1v) is 7.15. The van der Waals surface area contributed by atoms with Gasteiger partial charge in [0, 0.05) is 12.6 Å². The van der Waals surface area contributed by atoms with Crippen LogP contribution >= 0.6 is 15.9 Å². The summed E-state index contributed by atoms with van der Waals surface area (Å²) in [6.45, 7) is 0.857. The summed E-state index contributed by atoms with van der Waals surface area (Å²) in [5.41, 5.74) is 0. The highest BCUT2D eigenvalue weighted by Crippen LogP contribution is 2.24. The molecule has 19 heavy (non-hydrogen) atoms. The van der Waals surface area contributed by atoms with Gasteiger partial charge in [0.25, 0.3) is 0 Å². The van der Waals surface area contributed by atoms with E-state index >= 15 is 0 Å². The largest absolute Gasteiger partial charge is 0.465 e. The topological polar surface area (TPSA) is 87.1 Å². The number of carbonyl (C=O) groups is 1. The molecule has 1 heterocycles. The smallest absolute Gasteiger partial charge is 0.404 e. The first-order valence-electron chi connectivity index (χ1n) is 6.36. The molecule has 0 saturated heterocycles. The van der Waals surface area contributed by atoms with Crippen molar-refractivity contribution in [1.82, 2.24) is 15.5 Å². The summed E-state index contributed by atoms with van der Waals surface area (Å²) < 4.78 is 0.721. The van der Waals surface area contributed by atoms with Gasteiger partial charge in [-0.05, 0) is 59.7 Å². The van der Waals surface area contributed by atoms with Gasteiger partial charge in [-0.3, -0.25) is 0 Å². The first-order chi connectivity index (χ1) is 9.13. The number of anilines is 1. The number of carboxylic acid groups (broad SMARTS) is 1. The van der Waals surface area contributed by atoms with E-state index in [2.05, 4.69) is 36.8 Å². The van der Waals surface area contributed by atoms with E-state index in [9.17, 15) is 4.79 Å². The molecule has 0 radical (unpaired) electrons. The van der Waals surface area contributed by atoms with Crippen LogP contribution in [0, 0.1) is 5.92 Å². The highest BCUT2D eigenvalue weighted by molar-refractivity contribution is 9.10. The minimum absolute atomic E-state index is 0.112. The summed E-state index contributed by atoms with van der Waals surface area (Å²) in [6.07, 6.45) is 2.95. The predicted octanol–water partition coefficient (Wildman–Crippen LogP) is 2.48. The summed E-state index contributed by atoms with van der Waals surface area (Å²) in [6, 6.07) is 3.85. The van der Waals surface area contributed by atoms with E-state index in [1.165, 1.54) is 0 Å². The van der Waals surface area contributed by atoms with Gasteiger partial charge in [0.2, 0.25) is 0 Å². The van der Waals surface area contributed by atoms with Gasteiger partial charge in [-0.25, -0.2) is 4.79 Å². The van der Waals surface area contributed by atoms with E-state index in [4.69, 9.17) is 5.11 Å². The maximum atomic E-state index is 10.5. The van der Waals surface area contributed by atoms with Gasteiger partial charge in [-0.15, -0.1) is 10.2 Å². The zero-order valence-corrected chi connectivity index (χ0v) is 12.1.